The fraction of sp³-hybridized carbons (Fsp3) is 0. The molecule has 0 fully saturated rings. The van der Waals surface area contributed by atoms with Gasteiger partial charge >= 0.3 is 0 Å². The van der Waals surface area contributed by atoms with E-state index in [0.29, 0.717) is 16.7 Å². The smallest absolute Gasteiger partial charge is 0.269 e. The lowest BCUT2D eigenvalue weighted by Crippen LogP contribution is -2.01. The topological polar surface area (TPSA) is 60.2 Å². The zero-order valence-electron chi connectivity index (χ0n) is 14.8. The molecule has 0 N–H and O–H groups in total. The Kier molecular flexibility index (Phi) is 5.87. The minimum atomic E-state index is -0.479. The van der Waals surface area contributed by atoms with Crippen molar-refractivity contribution in [3.8, 4) is 0 Å². The third-order valence-electron chi connectivity index (χ3n) is 4.05. The number of nitrogens with zero attached hydrogens (tertiary/aromatic N) is 1. The molecule has 0 atom stereocenters. The lowest BCUT2D eigenvalue weighted by molar-refractivity contribution is -0.384. The molecule has 28 heavy (non-hydrogen) atoms. The zero-order valence-corrected chi connectivity index (χ0v) is 14.8. The van der Waals surface area contributed by atoms with Crippen LogP contribution >= 0.6 is 0 Å². The van der Waals surface area contributed by atoms with Crippen LogP contribution in [0.2, 0.25) is 0 Å². The maximum absolute atomic E-state index is 13.2. The van der Waals surface area contributed by atoms with Gasteiger partial charge in [-0.25, -0.2) is 4.39 Å². The lowest BCUT2D eigenvalue weighted by Gasteiger charge is -2.04. The minimum Gasteiger partial charge on any atom is -0.289 e. The van der Waals surface area contributed by atoms with E-state index in [1.807, 2.05) is 30.3 Å². The average Bonchev–Trinajstić information content (AvgIpc) is 2.72. The Balaban J connectivity index is 1.97. The van der Waals surface area contributed by atoms with Gasteiger partial charge in [-0.2, -0.15) is 0 Å². The Morgan fingerprint density at radius 3 is 2.11 bits per heavy atom. The maximum atomic E-state index is 13.2. The van der Waals surface area contributed by atoms with Gasteiger partial charge in [0, 0.05) is 23.3 Å². The number of benzene rings is 3. The normalized spacial score (nSPS) is 11.5. The summed E-state index contributed by atoms with van der Waals surface area (Å²) in [5, 5.41) is 10.8. The van der Waals surface area contributed by atoms with Crippen molar-refractivity contribution in [3.63, 3.8) is 0 Å². The Bertz CT molecular complexity index is 1040. The molecule has 0 unspecified atom stereocenters. The SMILES string of the molecule is O=C(C(=Cc1ccc([N+](=O)[O-])cc1)/C=C/c1ccccc1)c1ccc(F)cc1. The molecule has 0 aliphatic carbocycles. The van der Waals surface area contributed by atoms with Crippen molar-refractivity contribution in [2.75, 3.05) is 0 Å². The molecule has 0 spiro atoms. The van der Waals surface area contributed by atoms with Crippen molar-refractivity contribution in [1.82, 2.24) is 0 Å². The largest absolute Gasteiger partial charge is 0.289 e. The van der Waals surface area contributed by atoms with Crippen LogP contribution in [0.25, 0.3) is 12.2 Å². The van der Waals surface area contributed by atoms with E-state index in [2.05, 4.69) is 0 Å². The first-order chi connectivity index (χ1) is 13.5. The molecular weight excluding hydrogens is 357 g/mol. The number of Topliss-reactive ketones (excluding diaryl/α,β-unsaturated/α-hetero) is 1. The third-order valence-corrected chi connectivity index (χ3v) is 4.05. The Hall–Kier alpha value is -3.86. The Morgan fingerprint density at radius 2 is 1.50 bits per heavy atom. The van der Waals surface area contributed by atoms with Crippen LogP contribution in [0.15, 0.2) is 90.5 Å². The summed E-state index contributed by atoms with van der Waals surface area (Å²) < 4.78 is 13.2. The third kappa shape index (κ3) is 4.86. The highest BCUT2D eigenvalue weighted by atomic mass is 19.1. The van der Waals surface area contributed by atoms with E-state index in [4.69, 9.17) is 0 Å². The molecule has 0 bridgehead atoms. The predicted molar refractivity (Wildman–Crippen MR) is 107 cm³/mol. The summed E-state index contributed by atoms with van der Waals surface area (Å²) in [6, 6.07) is 20.7. The number of hydrogen-bond donors (Lipinski definition) is 0. The molecule has 4 nitrogen and oxygen atoms in total. The molecule has 0 aliphatic rings. The van der Waals surface area contributed by atoms with E-state index in [1.165, 1.54) is 36.4 Å². The van der Waals surface area contributed by atoms with Crippen LogP contribution in [0.4, 0.5) is 10.1 Å². The summed E-state index contributed by atoms with van der Waals surface area (Å²) in [5.41, 5.74) is 2.28. The molecule has 0 saturated carbocycles. The lowest BCUT2D eigenvalue weighted by atomic mass is 9.99. The minimum absolute atomic E-state index is 0.0246. The van der Waals surface area contributed by atoms with Gasteiger partial charge in [0.25, 0.3) is 5.69 Å². The second-order valence-electron chi connectivity index (χ2n) is 6.03. The van der Waals surface area contributed by atoms with Crippen LogP contribution in [-0.2, 0) is 0 Å². The molecule has 3 aromatic carbocycles. The molecule has 5 heteroatoms. The van der Waals surface area contributed by atoms with Crippen molar-refractivity contribution < 1.29 is 14.1 Å². The zero-order chi connectivity index (χ0) is 19.9. The molecule has 0 aliphatic heterocycles. The number of ketones is 1. The summed E-state index contributed by atoms with van der Waals surface area (Å²) in [6.07, 6.45) is 5.13. The standard InChI is InChI=1S/C23H16FNO3/c24-21-12-10-19(11-13-21)23(26)20(9-6-17-4-2-1-3-5-17)16-18-7-14-22(15-8-18)25(27)28/h1-16H/b9-6+,20-16?. The highest BCUT2D eigenvalue weighted by Gasteiger charge is 2.11. The average molecular weight is 373 g/mol. The first-order valence-corrected chi connectivity index (χ1v) is 8.52. The van der Waals surface area contributed by atoms with Crippen molar-refractivity contribution in [2.24, 2.45) is 0 Å². The summed E-state index contributed by atoms with van der Waals surface area (Å²) in [4.78, 5) is 23.2. The van der Waals surface area contributed by atoms with Crippen LogP contribution in [0.1, 0.15) is 21.5 Å². The molecule has 3 rings (SSSR count). The fourth-order valence-corrected chi connectivity index (χ4v) is 2.58. The van der Waals surface area contributed by atoms with Gasteiger partial charge < -0.3 is 0 Å². The monoisotopic (exact) mass is 373 g/mol. The summed E-state index contributed by atoms with van der Waals surface area (Å²) in [6.45, 7) is 0. The van der Waals surface area contributed by atoms with E-state index in [-0.39, 0.29) is 11.5 Å². The second kappa shape index (κ2) is 8.68. The molecule has 138 valence electrons. The van der Waals surface area contributed by atoms with E-state index >= 15 is 0 Å². The number of allylic oxidation sites excluding steroid dienone is 2. The van der Waals surface area contributed by atoms with Crippen molar-refractivity contribution in [2.45, 2.75) is 0 Å². The Morgan fingerprint density at radius 1 is 0.857 bits per heavy atom. The first kappa shape index (κ1) is 18.9. The summed E-state index contributed by atoms with van der Waals surface area (Å²) in [7, 11) is 0. The molecule has 0 amide bonds. The number of halogens is 1. The van der Waals surface area contributed by atoms with E-state index in [9.17, 15) is 19.3 Å². The maximum Gasteiger partial charge on any atom is 0.269 e. The predicted octanol–water partition coefficient (Wildman–Crippen LogP) is 5.71. The van der Waals surface area contributed by atoms with Crippen molar-refractivity contribution in [3.05, 3.63) is 123 Å². The van der Waals surface area contributed by atoms with Crippen molar-refractivity contribution >= 4 is 23.6 Å². The molecule has 3 aromatic rings. The van der Waals surface area contributed by atoms with Gasteiger partial charge in [-0.05, 0) is 53.6 Å². The highest BCUT2D eigenvalue weighted by molar-refractivity contribution is 6.13. The summed E-state index contributed by atoms with van der Waals surface area (Å²) in [5.74, 6) is -0.692. The van der Waals surface area contributed by atoms with Gasteiger partial charge in [-0.3, -0.25) is 14.9 Å². The van der Waals surface area contributed by atoms with E-state index < -0.39 is 10.7 Å². The number of non-ortho nitro benzene ring substituents is 1. The second-order valence-corrected chi connectivity index (χ2v) is 6.03. The number of carbonyl (C=O) groups excluding carboxylic acids is 1. The van der Waals surface area contributed by atoms with Crippen molar-refractivity contribution in [1.29, 1.82) is 0 Å². The van der Waals surface area contributed by atoms with E-state index in [1.54, 1.807) is 30.4 Å². The van der Waals surface area contributed by atoms with Gasteiger partial charge in [-0.1, -0.05) is 42.5 Å². The quantitative estimate of drug-likeness (QED) is 0.183. The van der Waals surface area contributed by atoms with Crippen LogP contribution in [0, 0.1) is 15.9 Å². The highest BCUT2D eigenvalue weighted by Crippen LogP contribution is 2.19. The first-order valence-electron chi connectivity index (χ1n) is 8.52. The molecule has 0 saturated heterocycles. The number of hydrogen-bond acceptors (Lipinski definition) is 3. The van der Waals surface area contributed by atoms with Crippen LogP contribution < -0.4 is 0 Å². The molecule has 0 heterocycles. The number of nitro benzene ring substituents is 1. The molecule has 0 radical (unpaired) electrons. The van der Waals surface area contributed by atoms with Crippen LogP contribution in [0.3, 0.4) is 0 Å². The van der Waals surface area contributed by atoms with Gasteiger partial charge in [0.15, 0.2) is 5.78 Å². The summed E-state index contributed by atoms with van der Waals surface area (Å²) >= 11 is 0. The van der Waals surface area contributed by atoms with Crippen LogP contribution in [0.5, 0.6) is 0 Å². The van der Waals surface area contributed by atoms with Crippen LogP contribution in [-0.4, -0.2) is 10.7 Å². The van der Waals surface area contributed by atoms with Gasteiger partial charge in [0.05, 0.1) is 4.92 Å². The number of carbonyl (C=O) groups is 1. The molecule has 0 aromatic heterocycles. The molecular formula is C23H16FNO3. The van der Waals surface area contributed by atoms with Gasteiger partial charge in [0.2, 0.25) is 0 Å². The van der Waals surface area contributed by atoms with E-state index in [0.717, 1.165) is 5.56 Å². The van der Waals surface area contributed by atoms with Gasteiger partial charge in [0.1, 0.15) is 5.82 Å². The van der Waals surface area contributed by atoms with Gasteiger partial charge in [-0.15, -0.1) is 0 Å². The number of nitro groups is 1. The fourth-order valence-electron chi connectivity index (χ4n) is 2.58. The number of rotatable bonds is 6. The Labute approximate surface area is 161 Å².